The molecule has 1 unspecified atom stereocenters. The Hall–Kier alpha value is -1.92. The van der Waals surface area contributed by atoms with Crippen LogP contribution >= 0.6 is 0 Å². The maximum Gasteiger partial charge on any atom is 0.199 e. The molecule has 2 atom stereocenters. The van der Waals surface area contributed by atoms with Gasteiger partial charge in [0, 0.05) is 18.1 Å². The highest BCUT2D eigenvalue weighted by atomic mass is 32.2. The summed E-state index contributed by atoms with van der Waals surface area (Å²) in [6, 6.07) is 3.95. The SMILES string of the molecule is [2H]c1cc(C(C)C2CCC2)c(CC(=O)C[S@](=N)(=O)c2cc(C(C)(C)O)co2)c2c1CCC2. The highest BCUT2D eigenvalue weighted by Gasteiger charge is 2.30. The molecule has 0 spiro atoms. The minimum absolute atomic E-state index is 0.0715. The maximum atomic E-state index is 13.1. The smallest absolute Gasteiger partial charge is 0.199 e. The zero-order chi connectivity index (χ0) is 23.3. The highest BCUT2D eigenvalue weighted by molar-refractivity contribution is 7.93. The van der Waals surface area contributed by atoms with Crippen molar-refractivity contribution in [1.29, 1.82) is 4.78 Å². The first kappa shape index (κ1) is 21.0. The summed E-state index contributed by atoms with van der Waals surface area (Å²) in [6.07, 6.45) is 7.77. The van der Waals surface area contributed by atoms with Crippen LogP contribution in [0.2, 0.25) is 0 Å². The molecule has 1 saturated carbocycles. The largest absolute Gasteiger partial charge is 0.454 e. The highest BCUT2D eigenvalue weighted by Crippen LogP contribution is 2.42. The second kappa shape index (κ2) is 8.21. The van der Waals surface area contributed by atoms with Gasteiger partial charge in [0.15, 0.2) is 10.9 Å². The number of hydrogen-bond acceptors (Lipinski definition) is 5. The molecule has 0 aliphatic heterocycles. The fourth-order valence-corrected chi connectivity index (χ4v) is 6.05. The predicted octanol–water partition coefficient (Wildman–Crippen LogP) is 5.12. The van der Waals surface area contributed by atoms with Gasteiger partial charge in [-0.15, -0.1) is 0 Å². The van der Waals surface area contributed by atoms with Gasteiger partial charge in [0.2, 0.25) is 0 Å². The molecule has 2 aliphatic rings. The van der Waals surface area contributed by atoms with Gasteiger partial charge in [0.05, 0.1) is 19.0 Å². The molecule has 6 heteroatoms. The van der Waals surface area contributed by atoms with Crippen LogP contribution in [0.5, 0.6) is 0 Å². The van der Waals surface area contributed by atoms with Crippen LogP contribution in [0.25, 0.3) is 0 Å². The van der Waals surface area contributed by atoms with E-state index >= 15 is 0 Å². The van der Waals surface area contributed by atoms with Crippen LogP contribution in [0.4, 0.5) is 0 Å². The van der Waals surface area contributed by atoms with E-state index in [9.17, 15) is 14.1 Å². The van der Waals surface area contributed by atoms with E-state index in [2.05, 4.69) is 6.92 Å². The van der Waals surface area contributed by atoms with Crippen molar-refractivity contribution in [2.45, 2.75) is 82.3 Å². The average Bonchev–Trinajstić information content (AvgIpc) is 3.31. The van der Waals surface area contributed by atoms with Gasteiger partial charge in [0.25, 0.3) is 0 Å². The number of rotatable bonds is 8. The van der Waals surface area contributed by atoms with Gasteiger partial charge < -0.3 is 9.52 Å². The quantitative estimate of drug-likeness (QED) is 0.591. The van der Waals surface area contributed by atoms with Crippen LogP contribution in [0.3, 0.4) is 0 Å². The third-order valence-corrected chi connectivity index (χ3v) is 8.62. The standard InChI is InChI=1S/C25H33NO4S/c1-16(17-6-4-7-17)21-11-10-18-8-5-9-22(18)23(21)13-20(27)15-31(26,29)24-12-19(14-30-24)25(2,3)28/h10-12,14,16-17,26,28H,4-9,13,15H2,1-3H3/t16?,31-/m0/s1/i10D. The second-order valence-electron chi connectivity index (χ2n) is 9.76. The normalized spacial score (nSPS) is 19.9. The lowest BCUT2D eigenvalue weighted by molar-refractivity contribution is -0.116. The van der Waals surface area contributed by atoms with Crippen LogP contribution in [0.1, 0.15) is 81.6 Å². The van der Waals surface area contributed by atoms with Gasteiger partial charge in [-0.05, 0) is 80.0 Å². The number of Topliss-reactive ketones (excluding diaryl/α,β-unsaturated/α-hetero) is 1. The van der Waals surface area contributed by atoms with Crippen molar-refractivity contribution in [3.05, 3.63) is 52.3 Å². The van der Waals surface area contributed by atoms with Gasteiger partial charge in [-0.3, -0.25) is 4.79 Å². The number of fused-ring (bicyclic) bond motifs is 1. The van der Waals surface area contributed by atoms with E-state index in [0.29, 0.717) is 23.4 Å². The van der Waals surface area contributed by atoms with Crippen LogP contribution in [-0.2, 0) is 39.4 Å². The Morgan fingerprint density at radius 3 is 2.74 bits per heavy atom. The molecule has 5 nitrogen and oxygen atoms in total. The Labute approximate surface area is 186 Å². The Balaban J connectivity index is 1.60. The van der Waals surface area contributed by atoms with Gasteiger partial charge in [0.1, 0.15) is 9.73 Å². The molecule has 0 bridgehead atoms. The number of nitrogens with one attached hydrogen (secondary N) is 1. The van der Waals surface area contributed by atoms with Crippen LogP contribution in [0.15, 0.2) is 33.9 Å². The number of carbonyl (C=O) groups is 1. The molecular weight excluding hydrogens is 410 g/mol. The van der Waals surface area contributed by atoms with Crippen molar-refractivity contribution in [3.8, 4) is 0 Å². The summed E-state index contributed by atoms with van der Waals surface area (Å²) in [4.78, 5) is 13.1. The van der Waals surface area contributed by atoms with Crippen LogP contribution in [-0.4, -0.2) is 20.9 Å². The lowest BCUT2D eigenvalue weighted by atomic mass is 9.72. The first-order valence-electron chi connectivity index (χ1n) is 11.7. The Morgan fingerprint density at radius 2 is 2.13 bits per heavy atom. The summed E-state index contributed by atoms with van der Waals surface area (Å²) in [5, 5.41) is 10.0. The predicted molar refractivity (Wildman–Crippen MR) is 121 cm³/mol. The Bertz CT molecular complexity index is 1140. The number of benzene rings is 1. The van der Waals surface area contributed by atoms with Crippen molar-refractivity contribution in [1.82, 2.24) is 0 Å². The second-order valence-corrected chi connectivity index (χ2v) is 11.8. The third-order valence-electron chi connectivity index (χ3n) is 7.02. The van der Waals surface area contributed by atoms with E-state index in [1.165, 1.54) is 31.6 Å². The van der Waals surface area contributed by atoms with Crippen molar-refractivity contribution in [2.24, 2.45) is 5.92 Å². The monoisotopic (exact) mass is 444 g/mol. The van der Waals surface area contributed by atoms with Gasteiger partial charge in [-0.1, -0.05) is 25.5 Å². The topological polar surface area (TPSA) is 91.4 Å². The number of hydrogen-bond donors (Lipinski definition) is 2. The van der Waals surface area contributed by atoms with Gasteiger partial charge in [-0.2, -0.15) is 0 Å². The maximum absolute atomic E-state index is 13.1. The molecule has 1 fully saturated rings. The van der Waals surface area contributed by atoms with Crippen molar-refractivity contribution in [2.75, 3.05) is 5.75 Å². The van der Waals surface area contributed by atoms with Crippen LogP contribution in [0, 0.1) is 10.7 Å². The minimum Gasteiger partial charge on any atom is -0.454 e. The Kier molecular flexibility index (Phi) is 5.55. The molecule has 2 aromatic rings. The number of carbonyl (C=O) groups excluding carboxylic acids is 1. The number of furan rings is 1. The summed E-state index contributed by atoms with van der Waals surface area (Å²) in [5.41, 5.74) is 3.53. The molecule has 1 heterocycles. The number of aliphatic hydroxyl groups is 1. The fraction of sp³-hybridized carbons (Fsp3) is 0.560. The number of ketones is 1. The molecule has 0 saturated heterocycles. The summed E-state index contributed by atoms with van der Waals surface area (Å²) in [7, 11) is -3.45. The van der Waals surface area contributed by atoms with E-state index < -0.39 is 21.1 Å². The molecule has 0 amide bonds. The van der Waals surface area contributed by atoms with E-state index in [0.717, 1.165) is 41.5 Å². The molecule has 168 valence electrons. The van der Waals surface area contributed by atoms with Crippen LogP contribution < -0.4 is 0 Å². The minimum atomic E-state index is -3.45. The molecule has 1 aromatic carbocycles. The zero-order valence-electron chi connectivity index (χ0n) is 19.6. The van der Waals surface area contributed by atoms with E-state index in [1.807, 2.05) is 6.07 Å². The van der Waals surface area contributed by atoms with E-state index in [-0.39, 0.29) is 17.3 Å². The average molecular weight is 445 g/mol. The van der Waals surface area contributed by atoms with Gasteiger partial charge >= 0.3 is 0 Å². The first-order chi connectivity index (χ1) is 15.0. The zero-order valence-corrected chi connectivity index (χ0v) is 19.4. The Morgan fingerprint density at radius 1 is 1.39 bits per heavy atom. The van der Waals surface area contributed by atoms with E-state index in [4.69, 9.17) is 10.6 Å². The molecular formula is C25H33NO4S. The van der Waals surface area contributed by atoms with Gasteiger partial charge in [-0.25, -0.2) is 8.99 Å². The van der Waals surface area contributed by atoms with Crippen molar-refractivity contribution < 1.29 is 19.9 Å². The summed E-state index contributed by atoms with van der Waals surface area (Å²) in [6.45, 7) is 5.36. The summed E-state index contributed by atoms with van der Waals surface area (Å²) < 4.78 is 35.2. The summed E-state index contributed by atoms with van der Waals surface area (Å²) in [5.74, 6) is 0.216. The molecule has 1 aromatic heterocycles. The third kappa shape index (κ3) is 4.51. The molecule has 2 N–H and O–H groups in total. The van der Waals surface area contributed by atoms with Crippen molar-refractivity contribution in [3.63, 3.8) is 0 Å². The fourth-order valence-electron chi connectivity index (χ4n) is 4.83. The molecule has 2 aliphatic carbocycles. The first-order valence-corrected chi connectivity index (χ1v) is 12.9. The van der Waals surface area contributed by atoms with Crippen molar-refractivity contribution >= 4 is 15.5 Å². The lowest BCUT2D eigenvalue weighted by Gasteiger charge is -2.33. The summed E-state index contributed by atoms with van der Waals surface area (Å²) >= 11 is 0. The molecule has 31 heavy (non-hydrogen) atoms. The lowest BCUT2D eigenvalue weighted by Crippen LogP contribution is -2.22. The van der Waals surface area contributed by atoms with E-state index in [1.54, 1.807) is 13.8 Å². The molecule has 0 radical (unpaired) electrons. The molecule has 4 rings (SSSR count).